The van der Waals surface area contributed by atoms with Gasteiger partial charge in [0, 0.05) is 87.0 Å². The SMILES string of the molecule is CCN(CC)c1ccc(NC(=O)c2cccc(C(=O)N(C)CCN3CCCN(C(=O)OC(C)(C)C)CC3)c2)c(-c2cc(C(=O)NC3CCCc4ccccc43)ccn2)c1. The zero-order valence-electron chi connectivity index (χ0n) is 35.4. The van der Waals surface area contributed by atoms with Crippen molar-refractivity contribution in [2.45, 2.75) is 71.9 Å². The molecule has 1 aliphatic carbocycles. The van der Waals surface area contributed by atoms with Crippen LogP contribution in [-0.4, -0.2) is 109 Å². The Morgan fingerprint density at radius 1 is 0.831 bits per heavy atom. The van der Waals surface area contributed by atoms with Crippen LogP contribution in [0.3, 0.4) is 0 Å². The molecule has 12 nitrogen and oxygen atoms in total. The van der Waals surface area contributed by atoms with Gasteiger partial charge in [-0.25, -0.2) is 4.79 Å². The number of hydrogen-bond donors (Lipinski definition) is 2. The van der Waals surface area contributed by atoms with Gasteiger partial charge in [-0.2, -0.15) is 0 Å². The Labute approximate surface area is 348 Å². The summed E-state index contributed by atoms with van der Waals surface area (Å²) in [4.78, 5) is 66.4. The largest absolute Gasteiger partial charge is 0.444 e. The number of carbonyl (C=O) groups is 4. The first-order valence-electron chi connectivity index (χ1n) is 20.9. The topological polar surface area (TPSA) is 127 Å². The smallest absolute Gasteiger partial charge is 0.410 e. The average Bonchev–Trinajstić information content (AvgIpc) is 3.49. The molecule has 312 valence electrons. The summed E-state index contributed by atoms with van der Waals surface area (Å²) in [5, 5.41) is 6.33. The molecule has 0 saturated carbocycles. The molecule has 6 rings (SSSR count). The van der Waals surface area contributed by atoms with Crippen molar-refractivity contribution in [3.8, 4) is 11.3 Å². The van der Waals surface area contributed by atoms with E-state index >= 15 is 0 Å². The van der Waals surface area contributed by atoms with Crippen molar-refractivity contribution in [3.05, 3.63) is 113 Å². The van der Waals surface area contributed by atoms with E-state index in [0.29, 0.717) is 66.4 Å². The Kier molecular flexibility index (Phi) is 14.0. The lowest BCUT2D eigenvalue weighted by atomic mass is 9.87. The van der Waals surface area contributed by atoms with Gasteiger partial charge in [-0.05, 0) is 127 Å². The highest BCUT2D eigenvalue weighted by atomic mass is 16.6. The van der Waals surface area contributed by atoms with Crippen LogP contribution in [-0.2, 0) is 11.2 Å². The Morgan fingerprint density at radius 2 is 1.59 bits per heavy atom. The molecule has 1 atom stereocenters. The Morgan fingerprint density at radius 3 is 2.37 bits per heavy atom. The second kappa shape index (κ2) is 19.3. The third kappa shape index (κ3) is 11.1. The summed E-state index contributed by atoms with van der Waals surface area (Å²) in [6, 6.07) is 24.3. The lowest BCUT2D eigenvalue weighted by Crippen LogP contribution is -2.40. The number of ether oxygens (including phenoxy) is 1. The molecule has 0 radical (unpaired) electrons. The molecule has 1 saturated heterocycles. The Hall–Kier alpha value is -5.75. The number of carbonyl (C=O) groups excluding carboxylic acids is 4. The van der Waals surface area contributed by atoms with Crippen molar-refractivity contribution in [2.24, 2.45) is 0 Å². The fraction of sp³-hybridized carbons (Fsp3) is 0.426. The maximum atomic E-state index is 13.9. The quantitative estimate of drug-likeness (QED) is 0.150. The van der Waals surface area contributed by atoms with E-state index in [1.54, 1.807) is 59.4 Å². The van der Waals surface area contributed by atoms with E-state index in [1.807, 2.05) is 51.1 Å². The van der Waals surface area contributed by atoms with Gasteiger partial charge in [-0.1, -0.05) is 30.3 Å². The Balaban J connectivity index is 1.14. The van der Waals surface area contributed by atoms with Crippen LogP contribution in [0.5, 0.6) is 0 Å². The third-order valence-electron chi connectivity index (χ3n) is 11.1. The first kappa shape index (κ1) is 42.8. The van der Waals surface area contributed by atoms with Crippen LogP contribution in [0.4, 0.5) is 16.2 Å². The van der Waals surface area contributed by atoms with Crippen LogP contribution in [0.15, 0.2) is 85.1 Å². The van der Waals surface area contributed by atoms with Crippen LogP contribution < -0.4 is 15.5 Å². The minimum Gasteiger partial charge on any atom is -0.444 e. The van der Waals surface area contributed by atoms with Crippen molar-refractivity contribution in [1.82, 2.24) is 25.0 Å². The normalized spacial score (nSPS) is 15.7. The van der Waals surface area contributed by atoms with Crippen LogP contribution >= 0.6 is 0 Å². The number of amides is 4. The summed E-state index contributed by atoms with van der Waals surface area (Å²) in [6.45, 7) is 15.2. The first-order valence-corrected chi connectivity index (χ1v) is 20.9. The van der Waals surface area contributed by atoms with Gasteiger partial charge in [-0.3, -0.25) is 24.3 Å². The highest BCUT2D eigenvalue weighted by Crippen LogP contribution is 2.33. The number of hydrogen-bond acceptors (Lipinski definition) is 8. The molecule has 12 heteroatoms. The van der Waals surface area contributed by atoms with Crippen molar-refractivity contribution >= 4 is 35.2 Å². The lowest BCUT2D eigenvalue weighted by molar-refractivity contribution is 0.0257. The molecule has 4 aromatic rings. The molecule has 1 aliphatic heterocycles. The maximum absolute atomic E-state index is 13.9. The minimum absolute atomic E-state index is 0.0645. The predicted molar refractivity (Wildman–Crippen MR) is 233 cm³/mol. The van der Waals surface area contributed by atoms with Crippen molar-refractivity contribution in [2.75, 3.05) is 69.6 Å². The van der Waals surface area contributed by atoms with Crippen LogP contribution in [0.1, 0.15) is 102 Å². The van der Waals surface area contributed by atoms with Gasteiger partial charge in [0.1, 0.15) is 5.60 Å². The van der Waals surface area contributed by atoms with Crippen molar-refractivity contribution in [1.29, 1.82) is 0 Å². The van der Waals surface area contributed by atoms with Crippen LogP contribution in [0.2, 0.25) is 0 Å². The number of pyridine rings is 1. The van der Waals surface area contributed by atoms with Crippen molar-refractivity contribution < 1.29 is 23.9 Å². The van der Waals surface area contributed by atoms with Crippen molar-refractivity contribution in [3.63, 3.8) is 0 Å². The van der Waals surface area contributed by atoms with E-state index < -0.39 is 5.60 Å². The molecule has 4 amide bonds. The number of rotatable bonds is 12. The van der Waals surface area contributed by atoms with Gasteiger partial charge in [0.15, 0.2) is 0 Å². The third-order valence-corrected chi connectivity index (χ3v) is 11.1. The summed E-state index contributed by atoms with van der Waals surface area (Å²) in [5.41, 5.74) is 5.86. The molecule has 3 aromatic carbocycles. The number of anilines is 2. The molecular weight excluding hydrogens is 743 g/mol. The molecule has 1 fully saturated rings. The fourth-order valence-corrected chi connectivity index (χ4v) is 7.81. The van der Waals surface area contributed by atoms with E-state index in [-0.39, 0.29) is 29.9 Å². The maximum Gasteiger partial charge on any atom is 0.410 e. The van der Waals surface area contributed by atoms with E-state index in [2.05, 4.69) is 51.4 Å². The molecule has 2 N–H and O–H groups in total. The molecule has 1 unspecified atom stereocenters. The monoisotopic (exact) mass is 801 g/mol. The number of aryl methyl sites for hydroxylation is 1. The van der Waals surface area contributed by atoms with E-state index in [9.17, 15) is 19.2 Å². The van der Waals surface area contributed by atoms with E-state index in [0.717, 1.165) is 56.6 Å². The lowest BCUT2D eigenvalue weighted by Gasteiger charge is -2.27. The fourth-order valence-electron chi connectivity index (χ4n) is 7.81. The summed E-state index contributed by atoms with van der Waals surface area (Å²) >= 11 is 0. The van der Waals surface area contributed by atoms with Gasteiger partial charge >= 0.3 is 6.09 Å². The summed E-state index contributed by atoms with van der Waals surface area (Å²) in [7, 11) is 1.76. The second-order valence-corrected chi connectivity index (χ2v) is 16.4. The van der Waals surface area contributed by atoms with Crippen LogP contribution in [0.25, 0.3) is 11.3 Å². The number of benzene rings is 3. The number of likely N-dealkylation sites (N-methyl/N-ethyl adjacent to an activating group) is 1. The van der Waals surface area contributed by atoms with Crippen LogP contribution in [0, 0.1) is 0 Å². The van der Waals surface area contributed by atoms with E-state index in [1.165, 1.54) is 5.56 Å². The second-order valence-electron chi connectivity index (χ2n) is 16.4. The molecule has 0 bridgehead atoms. The molecular formula is C47H59N7O5. The van der Waals surface area contributed by atoms with Gasteiger partial charge in [0.2, 0.25) is 0 Å². The number of nitrogens with one attached hydrogen (secondary N) is 2. The number of fused-ring (bicyclic) bond motifs is 1. The highest BCUT2D eigenvalue weighted by Gasteiger charge is 2.26. The zero-order valence-corrected chi connectivity index (χ0v) is 35.4. The summed E-state index contributed by atoms with van der Waals surface area (Å²) in [6.07, 6.45) is 5.05. The molecule has 59 heavy (non-hydrogen) atoms. The van der Waals surface area contributed by atoms with Gasteiger partial charge in [0.05, 0.1) is 17.4 Å². The highest BCUT2D eigenvalue weighted by molar-refractivity contribution is 6.08. The standard InChI is InChI=1S/C47H59N7O5/c1-7-53(8-2)37-20-21-41(39(32-37)42-31-35(22-23-48-42)44(56)49-40-19-12-15-33-14-9-10-18-38(33)40)50-43(55)34-16-11-17-36(30-34)45(57)51(6)26-27-52-24-13-25-54(29-28-52)46(58)59-47(3,4)5/h9-11,14,16-18,20-23,30-32,40H,7-8,12-13,15,19,24-29H2,1-6H3,(H,49,56)(H,50,55). The zero-order chi connectivity index (χ0) is 42.1. The number of aromatic nitrogens is 1. The molecule has 1 aromatic heterocycles. The molecule has 0 spiro atoms. The predicted octanol–water partition coefficient (Wildman–Crippen LogP) is 7.67. The van der Waals surface area contributed by atoms with Gasteiger partial charge in [-0.15, -0.1) is 0 Å². The molecule has 2 aliphatic rings. The molecule has 2 heterocycles. The Bertz CT molecular complexity index is 2130. The minimum atomic E-state index is -0.544. The van der Waals surface area contributed by atoms with E-state index in [4.69, 9.17) is 4.74 Å². The van der Waals surface area contributed by atoms with Gasteiger partial charge < -0.3 is 30.1 Å². The number of nitrogens with zero attached hydrogens (tertiary/aromatic N) is 5. The van der Waals surface area contributed by atoms with Gasteiger partial charge in [0.25, 0.3) is 17.7 Å². The summed E-state index contributed by atoms with van der Waals surface area (Å²) in [5.74, 6) is -0.739. The average molecular weight is 802 g/mol. The first-order chi connectivity index (χ1) is 28.3. The summed E-state index contributed by atoms with van der Waals surface area (Å²) < 4.78 is 5.57.